The van der Waals surface area contributed by atoms with Crippen LogP contribution in [-0.2, 0) is 11.4 Å². The van der Waals surface area contributed by atoms with Crippen molar-refractivity contribution in [3.05, 3.63) is 122 Å². The van der Waals surface area contributed by atoms with E-state index in [9.17, 15) is 9.59 Å². The molecule has 0 unspecified atom stereocenters. The van der Waals surface area contributed by atoms with Gasteiger partial charge in [-0.2, -0.15) is 5.10 Å². The third-order valence-electron chi connectivity index (χ3n) is 7.06. The van der Waals surface area contributed by atoms with Gasteiger partial charge in [0.15, 0.2) is 23.9 Å². The summed E-state index contributed by atoms with van der Waals surface area (Å²) in [5, 5.41) is 6.96. The summed E-state index contributed by atoms with van der Waals surface area (Å²) in [6.07, 6.45) is 1.39. The number of aryl methyl sites for hydroxylation is 3. The van der Waals surface area contributed by atoms with Crippen LogP contribution in [0.4, 0.5) is 5.69 Å². The smallest absolute Gasteiger partial charge is 0.307 e. The van der Waals surface area contributed by atoms with Gasteiger partial charge in [0.1, 0.15) is 23.1 Å². The second kappa shape index (κ2) is 15.1. The summed E-state index contributed by atoms with van der Waals surface area (Å²) in [5.74, 6) is 0.743. The van der Waals surface area contributed by atoms with E-state index in [1.54, 1.807) is 30.3 Å². The van der Waals surface area contributed by atoms with Gasteiger partial charge in [-0.15, -0.1) is 0 Å². The topological polar surface area (TPSA) is 116 Å². The Morgan fingerprint density at radius 3 is 2.34 bits per heavy atom. The molecule has 0 aliphatic heterocycles. The molecule has 0 aliphatic carbocycles. The zero-order valence-corrected chi connectivity index (χ0v) is 28.4. The van der Waals surface area contributed by atoms with Crippen molar-refractivity contribution in [1.82, 2.24) is 9.99 Å². The maximum absolute atomic E-state index is 12.7. The summed E-state index contributed by atoms with van der Waals surface area (Å²) in [5.41, 5.74) is 8.00. The number of hydrogen-bond acceptors (Lipinski definition) is 7. The van der Waals surface area contributed by atoms with E-state index in [-0.39, 0.29) is 41.4 Å². The summed E-state index contributed by atoms with van der Waals surface area (Å²) >= 11 is 9.97. The highest BCUT2D eigenvalue weighted by atomic mass is 79.9. The van der Waals surface area contributed by atoms with Crippen molar-refractivity contribution in [3.63, 3.8) is 0 Å². The summed E-state index contributed by atoms with van der Waals surface area (Å²) < 4.78 is 25.2. The Balaban J connectivity index is 1.15. The van der Waals surface area contributed by atoms with Crippen molar-refractivity contribution >= 4 is 51.2 Å². The van der Waals surface area contributed by atoms with Gasteiger partial charge in [0.2, 0.25) is 0 Å². The molecule has 2 heterocycles. The van der Waals surface area contributed by atoms with Crippen LogP contribution in [0.25, 0.3) is 5.69 Å². The molecular weight excluding hydrogens is 688 g/mol. The predicted molar refractivity (Wildman–Crippen MR) is 184 cm³/mol. The molecule has 0 radical (unpaired) electrons. The molecule has 0 spiro atoms. The van der Waals surface area contributed by atoms with Crippen LogP contribution < -0.4 is 25.0 Å². The molecule has 0 atom stereocenters. The first-order chi connectivity index (χ1) is 22.6. The molecule has 3 aromatic carbocycles. The fourth-order valence-electron chi connectivity index (χ4n) is 4.67. The number of ether oxygens (including phenoxy) is 3. The largest absolute Gasteiger partial charge is 0.493 e. The first-order valence-electron chi connectivity index (χ1n) is 14.5. The summed E-state index contributed by atoms with van der Waals surface area (Å²) in [7, 11) is 1.44. The number of rotatable bonds is 12. The molecular formula is C35H32BrClN4O6. The zero-order chi connectivity index (χ0) is 33.5. The van der Waals surface area contributed by atoms with E-state index in [0.717, 1.165) is 22.6 Å². The highest BCUT2D eigenvalue weighted by molar-refractivity contribution is 9.10. The van der Waals surface area contributed by atoms with Crippen LogP contribution in [0, 0.1) is 20.8 Å². The number of benzene rings is 3. The minimum absolute atomic E-state index is 0.0667. The fraction of sp³-hybridized carbons (Fsp3) is 0.171. The van der Waals surface area contributed by atoms with Crippen LogP contribution in [0.5, 0.6) is 17.2 Å². The normalized spacial score (nSPS) is 11.0. The van der Waals surface area contributed by atoms with Crippen molar-refractivity contribution in [1.29, 1.82) is 0 Å². The van der Waals surface area contributed by atoms with Crippen LogP contribution in [0.15, 0.2) is 92.9 Å². The number of carbonyl (C=O) groups is 2. The van der Waals surface area contributed by atoms with E-state index >= 15 is 0 Å². The minimum Gasteiger partial charge on any atom is -0.493 e. The molecule has 0 saturated heterocycles. The number of amides is 2. The molecule has 0 fully saturated rings. The lowest BCUT2D eigenvalue weighted by molar-refractivity contribution is -0.118. The van der Waals surface area contributed by atoms with E-state index < -0.39 is 5.91 Å². The SMILES string of the molecule is COc1cc(/C=N/NC(=O)c2ccc(COc3ccc(-n4c(C)ccc4C)cc3)o2)c(Br)c(Cl)c1OCC(=O)Nc1ccc(C)cc1. The highest BCUT2D eigenvalue weighted by Crippen LogP contribution is 2.42. The van der Waals surface area contributed by atoms with E-state index in [2.05, 4.69) is 62.3 Å². The van der Waals surface area contributed by atoms with E-state index in [4.69, 9.17) is 30.2 Å². The molecule has 5 rings (SSSR count). The average Bonchev–Trinajstić information content (AvgIpc) is 3.68. The lowest BCUT2D eigenvalue weighted by Gasteiger charge is -2.15. The van der Waals surface area contributed by atoms with Gasteiger partial charge in [0, 0.05) is 32.8 Å². The molecule has 10 nitrogen and oxygen atoms in total. The number of hydrogen-bond donors (Lipinski definition) is 2. The molecule has 2 aromatic heterocycles. The van der Waals surface area contributed by atoms with Crippen molar-refractivity contribution in [2.24, 2.45) is 5.10 Å². The lowest BCUT2D eigenvalue weighted by Crippen LogP contribution is -2.20. The van der Waals surface area contributed by atoms with Crippen LogP contribution in [0.2, 0.25) is 5.02 Å². The van der Waals surface area contributed by atoms with Gasteiger partial charge in [-0.1, -0.05) is 29.3 Å². The van der Waals surface area contributed by atoms with Gasteiger partial charge in [0.25, 0.3) is 5.91 Å². The third-order valence-corrected chi connectivity index (χ3v) is 8.50. The van der Waals surface area contributed by atoms with Gasteiger partial charge in [-0.05, 0) is 103 Å². The summed E-state index contributed by atoms with van der Waals surface area (Å²) in [6.45, 7) is 5.93. The molecule has 2 amide bonds. The molecule has 242 valence electrons. The maximum atomic E-state index is 12.7. The van der Waals surface area contributed by atoms with Crippen molar-refractivity contribution in [2.45, 2.75) is 27.4 Å². The van der Waals surface area contributed by atoms with Crippen molar-refractivity contribution in [3.8, 4) is 22.9 Å². The number of anilines is 1. The van der Waals surface area contributed by atoms with Crippen LogP contribution >= 0.6 is 27.5 Å². The zero-order valence-electron chi connectivity index (χ0n) is 26.1. The molecule has 0 aliphatic rings. The van der Waals surface area contributed by atoms with Crippen LogP contribution in [0.3, 0.4) is 0 Å². The molecule has 5 aromatic rings. The lowest BCUT2D eigenvalue weighted by atomic mass is 10.2. The standard InChI is InChI=1S/C35H32BrClN4O6/c1-21-5-9-25(10-6-21)39-31(42)20-46-34-30(44-4)17-24(32(36)33(34)37)18-38-40-35(43)29-16-15-28(47-29)19-45-27-13-11-26(12-14-27)41-22(2)7-8-23(41)3/h5-18H,19-20H2,1-4H3,(H,39,42)(H,40,43)/b38-18+. The van der Waals surface area contributed by atoms with E-state index in [1.165, 1.54) is 13.3 Å². The van der Waals surface area contributed by atoms with E-state index in [0.29, 0.717) is 27.2 Å². The Hall–Kier alpha value is -5.00. The predicted octanol–water partition coefficient (Wildman–Crippen LogP) is 7.78. The summed E-state index contributed by atoms with van der Waals surface area (Å²) in [4.78, 5) is 25.1. The first-order valence-corrected chi connectivity index (χ1v) is 15.7. The van der Waals surface area contributed by atoms with Gasteiger partial charge < -0.3 is 28.5 Å². The first kappa shape index (κ1) is 33.4. The Labute approximate surface area is 285 Å². The average molecular weight is 720 g/mol. The van der Waals surface area contributed by atoms with Gasteiger partial charge in [-0.3, -0.25) is 9.59 Å². The second-order valence-corrected chi connectivity index (χ2v) is 11.7. The maximum Gasteiger partial charge on any atom is 0.307 e. The molecule has 47 heavy (non-hydrogen) atoms. The second-order valence-electron chi connectivity index (χ2n) is 10.5. The molecule has 12 heteroatoms. The van der Waals surface area contributed by atoms with Crippen molar-refractivity contribution in [2.75, 3.05) is 19.0 Å². The summed E-state index contributed by atoms with van der Waals surface area (Å²) in [6, 6.07) is 24.1. The Bertz CT molecular complexity index is 1900. The van der Waals surface area contributed by atoms with E-state index in [1.807, 2.05) is 43.3 Å². The van der Waals surface area contributed by atoms with Crippen LogP contribution in [0.1, 0.15) is 38.8 Å². The number of furan rings is 1. The number of hydrazone groups is 1. The van der Waals surface area contributed by atoms with Crippen molar-refractivity contribution < 1.29 is 28.2 Å². The fourth-order valence-corrected chi connectivity index (χ4v) is 5.32. The number of methoxy groups -OCH3 is 1. The Morgan fingerprint density at radius 1 is 0.957 bits per heavy atom. The Morgan fingerprint density at radius 2 is 1.66 bits per heavy atom. The number of aromatic nitrogens is 1. The molecule has 0 bridgehead atoms. The highest BCUT2D eigenvalue weighted by Gasteiger charge is 2.19. The third kappa shape index (κ3) is 8.24. The molecule has 0 saturated carbocycles. The number of halogens is 2. The molecule has 2 N–H and O–H groups in total. The Kier molecular flexibility index (Phi) is 10.7. The van der Waals surface area contributed by atoms with Gasteiger partial charge in [0.05, 0.1) is 13.3 Å². The minimum atomic E-state index is -0.553. The van der Waals surface area contributed by atoms with Gasteiger partial charge >= 0.3 is 5.91 Å². The quantitative estimate of drug-likeness (QED) is 0.101. The number of nitrogens with zero attached hydrogens (tertiary/aromatic N) is 2. The number of nitrogens with one attached hydrogen (secondary N) is 2. The van der Waals surface area contributed by atoms with Crippen LogP contribution in [-0.4, -0.2) is 36.3 Å². The monoisotopic (exact) mass is 718 g/mol. The van der Waals surface area contributed by atoms with Gasteiger partial charge in [-0.25, -0.2) is 5.43 Å². The number of carbonyl (C=O) groups excluding carboxylic acids is 2.